The number of aliphatic hydroxyl groups is 3. The standard InChI is InChI=1S/C16H31NO3.C8H10O7/c1-2-3-4-5-6-7-8-9-10-11-14-17-15(18)12-13-16(19)20;1-3(10)14-7-5(12)8(13)15-6(7)4(11)2-9/h2-14H2,1H3,(H,17,18)(H,19,20);4,6,9,11-12H,2H2,1H3/t;4-,6+/m.0/s1. The molecule has 0 fully saturated rings. The Labute approximate surface area is 206 Å². The third-order valence-corrected chi connectivity index (χ3v) is 5.13. The summed E-state index contributed by atoms with van der Waals surface area (Å²) in [4.78, 5) is 43.0. The molecular formula is C24H41NO10. The van der Waals surface area contributed by atoms with Crippen molar-refractivity contribution < 1.29 is 49.1 Å². The number of cyclic esters (lactones) is 1. The molecule has 0 aliphatic carbocycles. The number of ether oxygens (including phenoxy) is 2. The quantitative estimate of drug-likeness (QED) is 0.146. The number of rotatable bonds is 17. The molecule has 35 heavy (non-hydrogen) atoms. The average Bonchev–Trinajstić information content (AvgIpc) is 3.09. The summed E-state index contributed by atoms with van der Waals surface area (Å²) in [6, 6.07) is 0. The summed E-state index contributed by atoms with van der Waals surface area (Å²) in [6.07, 6.45) is 9.96. The number of hydrogen-bond donors (Lipinski definition) is 5. The van der Waals surface area contributed by atoms with Gasteiger partial charge >= 0.3 is 17.9 Å². The predicted molar refractivity (Wildman–Crippen MR) is 126 cm³/mol. The number of aliphatic hydroxyl groups excluding tert-OH is 3. The van der Waals surface area contributed by atoms with Gasteiger partial charge in [-0.2, -0.15) is 0 Å². The van der Waals surface area contributed by atoms with Crippen LogP contribution in [0.2, 0.25) is 0 Å². The zero-order valence-electron chi connectivity index (χ0n) is 20.8. The Bertz CT molecular complexity index is 692. The zero-order chi connectivity index (χ0) is 26.6. The smallest absolute Gasteiger partial charge is 0.378 e. The van der Waals surface area contributed by atoms with Crippen molar-refractivity contribution >= 4 is 23.8 Å². The topological polar surface area (TPSA) is 180 Å². The minimum absolute atomic E-state index is 0.0795. The Balaban J connectivity index is 0.000000686. The van der Waals surface area contributed by atoms with E-state index in [1.807, 2.05) is 0 Å². The third-order valence-electron chi connectivity index (χ3n) is 5.13. The van der Waals surface area contributed by atoms with E-state index in [2.05, 4.69) is 21.7 Å². The Morgan fingerprint density at radius 3 is 2.03 bits per heavy atom. The number of carboxylic acids is 1. The van der Waals surface area contributed by atoms with E-state index >= 15 is 0 Å². The molecule has 0 unspecified atom stereocenters. The van der Waals surface area contributed by atoms with Crippen LogP contribution in [0.4, 0.5) is 0 Å². The highest BCUT2D eigenvalue weighted by Gasteiger charge is 2.41. The second kappa shape index (κ2) is 19.6. The molecule has 11 nitrogen and oxygen atoms in total. The Kier molecular flexibility index (Phi) is 18.1. The first-order chi connectivity index (χ1) is 16.6. The fraction of sp³-hybridized carbons (Fsp3) is 0.750. The van der Waals surface area contributed by atoms with Crippen LogP contribution in [-0.4, -0.2) is 69.6 Å². The largest absolute Gasteiger partial charge is 0.499 e. The maximum Gasteiger partial charge on any atom is 0.378 e. The van der Waals surface area contributed by atoms with Gasteiger partial charge in [-0.1, -0.05) is 64.7 Å². The van der Waals surface area contributed by atoms with Gasteiger partial charge in [0.15, 0.2) is 6.10 Å². The summed E-state index contributed by atoms with van der Waals surface area (Å²) in [5.41, 5.74) is 0. The summed E-state index contributed by atoms with van der Waals surface area (Å²) in [5, 5.41) is 38.2. The van der Waals surface area contributed by atoms with Crippen LogP contribution in [0, 0.1) is 0 Å². The number of carbonyl (C=O) groups is 4. The van der Waals surface area contributed by atoms with Gasteiger partial charge in [-0.25, -0.2) is 4.79 Å². The molecule has 0 spiro atoms. The fourth-order valence-corrected chi connectivity index (χ4v) is 3.22. The molecule has 0 saturated carbocycles. The molecule has 1 aliphatic rings. The van der Waals surface area contributed by atoms with E-state index in [1.165, 1.54) is 51.4 Å². The first-order valence-electron chi connectivity index (χ1n) is 12.2. The molecule has 0 radical (unpaired) electrons. The van der Waals surface area contributed by atoms with Crippen molar-refractivity contribution in [2.75, 3.05) is 13.2 Å². The molecule has 0 aromatic heterocycles. The molecule has 5 N–H and O–H groups in total. The molecule has 11 heteroatoms. The number of esters is 2. The van der Waals surface area contributed by atoms with Crippen molar-refractivity contribution in [2.24, 2.45) is 0 Å². The van der Waals surface area contributed by atoms with Gasteiger partial charge in [0.25, 0.3) is 0 Å². The molecular weight excluding hydrogens is 462 g/mol. The fourth-order valence-electron chi connectivity index (χ4n) is 3.22. The summed E-state index contributed by atoms with van der Waals surface area (Å²) in [5.74, 6) is -4.30. The maximum absolute atomic E-state index is 11.2. The molecule has 2 atom stereocenters. The van der Waals surface area contributed by atoms with Crippen LogP contribution in [0.15, 0.2) is 11.5 Å². The number of unbranched alkanes of at least 4 members (excludes halogenated alkanes) is 9. The summed E-state index contributed by atoms with van der Waals surface area (Å²) in [7, 11) is 0. The Morgan fingerprint density at radius 2 is 1.54 bits per heavy atom. The van der Waals surface area contributed by atoms with Crippen LogP contribution in [-0.2, 0) is 28.7 Å². The lowest BCUT2D eigenvalue weighted by Gasteiger charge is -2.16. The molecule has 1 aliphatic heterocycles. The second-order valence-electron chi connectivity index (χ2n) is 8.31. The predicted octanol–water partition coefficient (Wildman–Crippen LogP) is 2.49. The van der Waals surface area contributed by atoms with Crippen LogP contribution >= 0.6 is 0 Å². The van der Waals surface area contributed by atoms with Crippen molar-refractivity contribution in [3.8, 4) is 0 Å². The van der Waals surface area contributed by atoms with Crippen molar-refractivity contribution in [1.29, 1.82) is 0 Å². The molecule has 202 valence electrons. The average molecular weight is 504 g/mol. The normalized spacial score (nSPS) is 15.7. The van der Waals surface area contributed by atoms with Crippen molar-refractivity contribution in [3.05, 3.63) is 11.5 Å². The second-order valence-corrected chi connectivity index (χ2v) is 8.31. The van der Waals surface area contributed by atoms with E-state index in [0.717, 1.165) is 19.8 Å². The van der Waals surface area contributed by atoms with Crippen LogP contribution < -0.4 is 5.32 Å². The minimum atomic E-state index is -1.45. The van der Waals surface area contributed by atoms with Gasteiger partial charge in [0.05, 0.1) is 13.0 Å². The third kappa shape index (κ3) is 15.8. The summed E-state index contributed by atoms with van der Waals surface area (Å²) < 4.78 is 8.99. The van der Waals surface area contributed by atoms with E-state index in [-0.39, 0.29) is 18.7 Å². The monoisotopic (exact) mass is 503 g/mol. The van der Waals surface area contributed by atoms with Gasteiger partial charge < -0.3 is 35.2 Å². The van der Waals surface area contributed by atoms with Gasteiger partial charge in [0, 0.05) is 19.9 Å². The van der Waals surface area contributed by atoms with E-state index in [4.69, 9.17) is 15.3 Å². The first-order valence-corrected chi connectivity index (χ1v) is 12.2. The number of nitrogens with one attached hydrogen (secondary N) is 1. The number of carbonyl (C=O) groups excluding carboxylic acids is 3. The number of amides is 1. The van der Waals surface area contributed by atoms with Crippen LogP contribution in [0.5, 0.6) is 0 Å². The minimum Gasteiger partial charge on any atom is -0.499 e. The highest BCUT2D eigenvalue weighted by molar-refractivity contribution is 5.90. The first kappa shape index (κ1) is 32.3. The molecule has 1 amide bonds. The van der Waals surface area contributed by atoms with Crippen LogP contribution in [0.25, 0.3) is 0 Å². The van der Waals surface area contributed by atoms with Crippen molar-refractivity contribution in [1.82, 2.24) is 5.32 Å². The summed E-state index contributed by atoms with van der Waals surface area (Å²) >= 11 is 0. The van der Waals surface area contributed by atoms with Gasteiger partial charge in [0.1, 0.15) is 6.10 Å². The highest BCUT2D eigenvalue weighted by atomic mass is 16.6. The lowest BCUT2D eigenvalue weighted by atomic mass is 10.1. The number of hydrogen-bond acceptors (Lipinski definition) is 9. The molecule has 0 aromatic rings. The van der Waals surface area contributed by atoms with Crippen molar-refractivity contribution in [2.45, 2.75) is 103 Å². The molecule has 0 saturated heterocycles. The SMILES string of the molecule is CC(=O)OC1=C(O)C(=O)O[C@@H]1[C@@H](O)CO.CCCCCCCCCCCCNC(=O)CCC(=O)O. The van der Waals surface area contributed by atoms with Crippen LogP contribution in [0.3, 0.4) is 0 Å². The number of carboxylic acid groups (broad SMARTS) is 1. The molecule has 1 rings (SSSR count). The van der Waals surface area contributed by atoms with Gasteiger partial charge in [-0.3, -0.25) is 14.4 Å². The maximum atomic E-state index is 11.2. The number of aliphatic carboxylic acids is 1. The van der Waals surface area contributed by atoms with Gasteiger partial charge in [0.2, 0.25) is 17.4 Å². The van der Waals surface area contributed by atoms with Gasteiger partial charge in [-0.05, 0) is 6.42 Å². The lowest BCUT2D eigenvalue weighted by Crippen LogP contribution is -2.32. The van der Waals surface area contributed by atoms with Gasteiger partial charge in [-0.15, -0.1) is 0 Å². The van der Waals surface area contributed by atoms with E-state index in [1.54, 1.807) is 0 Å². The van der Waals surface area contributed by atoms with E-state index in [0.29, 0.717) is 6.54 Å². The van der Waals surface area contributed by atoms with E-state index < -0.39 is 48.2 Å². The Morgan fingerprint density at radius 1 is 1.00 bits per heavy atom. The zero-order valence-corrected chi connectivity index (χ0v) is 20.8. The van der Waals surface area contributed by atoms with Crippen LogP contribution in [0.1, 0.15) is 90.9 Å². The lowest BCUT2D eigenvalue weighted by molar-refractivity contribution is -0.150. The summed E-state index contributed by atoms with van der Waals surface area (Å²) in [6.45, 7) is 3.27. The molecule has 1 heterocycles. The van der Waals surface area contributed by atoms with E-state index in [9.17, 15) is 24.3 Å². The Hall–Kier alpha value is -2.66. The highest BCUT2D eigenvalue weighted by Crippen LogP contribution is 2.24. The van der Waals surface area contributed by atoms with Crippen molar-refractivity contribution in [3.63, 3.8) is 0 Å². The molecule has 0 bridgehead atoms. The molecule has 0 aromatic carbocycles.